The molecule has 0 unspecified atom stereocenters. The zero-order chi connectivity index (χ0) is 18.8. The van der Waals surface area contributed by atoms with Crippen molar-refractivity contribution in [2.75, 3.05) is 30.4 Å². The van der Waals surface area contributed by atoms with Crippen LogP contribution >= 0.6 is 0 Å². The molecule has 0 bridgehead atoms. The Morgan fingerprint density at radius 3 is 2.78 bits per heavy atom. The van der Waals surface area contributed by atoms with Crippen LogP contribution in [0.25, 0.3) is 0 Å². The molecule has 6 heteroatoms. The summed E-state index contributed by atoms with van der Waals surface area (Å²) in [5.74, 6) is 0.612. The average Bonchev–Trinajstić information content (AvgIpc) is 2.68. The highest BCUT2D eigenvalue weighted by molar-refractivity contribution is 5.87. The monoisotopic (exact) mass is 366 g/mol. The van der Waals surface area contributed by atoms with Gasteiger partial charge in [-0.15, -0.1) is 0 Å². The van der Waals surface area contributed by atoms with E-state index in [1.165, 1.54) is 11.3 Å². The van der Waals surface area contributed by atoms with Gasteiger partial charge in [0, 0.05) is 37.0 Å². The summed E-state index contributed by atoms with van der Waals surface area (Å²) in [6, 6.07) is 11.2. The summed E-state index contributed by atoms with van der Waals surface area (Å²) in [5.41, 5.74) is 4.65. The fourth-order valence-corrected chi connectivity index (χ4v) is 4.17. The molecular formula is C21H26N4O2. The SMILES string of the molecule is C[C@@H]1OC(=O)Nc2nccc(Cc3ccccc3N(C)C3CCNCC3)c21. The van der Waals surface area contributed by atoms with E-state index in [2.05, 4.69) is 51.8 Å². The topological polar surface area (TPSA) is 66.5 Å². The highest BCUT2D eigenvalue weighted by Crippen LogP contribution is 2.34. The van der Waals surface area contributed by atoms with E-state index in [9.17, 15) is 4.79 Å². The third kappa shape index (κ3) is 3.62. The van der Waals surface area contributed by atoms with Crippen LogP contribution in [0.4, 0.5) is 16.3 Å². The van der Waals surface area contributed by atoms with E-state index in [1.54, 1.807) is 6.20 Å². The van der Waals surface area contributed by atoms with Gasteiger partial charge in [0.1, 0.15) is 11.9 Å². The van der Waals surface area contributed by atoms with E-state index in [0.29, 0.717) is 11.9 Å². The fourth-order valence-electron chi connectivity index (χ4n) is 4.17. The van der Waals surface area contributed by atoms with Crippen LogP contribution in [0.15, 0.2) is 36.5 Å². The van der Waals surface area contributed by atoms with Crippen molar-refractivity contribution in [2.24, 2.45) is 0 Å². The largest absolute Gasteiger partial charge is 0.441 e. The molecule has 2 N–H and O–H groups in total. The van der Waals surface area contributed by atoms with Gasteiger partial charge in [-0.3, -0.25) is 5.32 Å². The van der Waals surface area contributed by atoms with Crippen LogP contribution in [0.5, 0.6) is 0 Å². The Balaban J connectivity index is 1.65. The number of aromatic nitrogens is 1. The Morgan fingerprint density at radius 2 is 1.96 bits per heavy atom. The lowest BCUT2D eigenvalue weighted by Crippen LogP contribution is -2.41. The average molecular weight is 366 g/mol. The number of para-hydroxylation sites is 1. The quantitative estimate of drug-likeness (QED) is 0.867. The first-order chi connectivity index (χ1) is 13.1. The summed E-state index contributed by atoms with van der Waals surface area (Å²) < 4.78 is 5.36. The number of nitrogens with zero attached hydrogens (tertiary/aromatic N) is 2. The van der Waals surface area contributed by atoms with Crippen molar-refractivity contribution < 1.29 is 9.53 Å². The van der Waals surface area contributed by atoms with E-state index in [1.807, 2.05) is 13.0 Å². The second-order valence-corrected chi connectivity index (χ2v) is 7.30. The molecule has 1 aromatic heterocycles. The van der Waals surface area contributed by atoms with Crippen molar-refractivity contribution in [3.05, 3.63) is 53.2 Å². The maximum absolute atomic E-state index is 11.6. The van der Waals surface area contributed by atoms with E-state index >= 15 is 0 Å². The molecule has 2 aromatic rings. The minimum absolute atomic E-state index is 0.299. The van der Waals surface area contributed by atoms with Crippen molar-refractivity contribution in [2.45, 2.75) is 38.3 Å². The number of nitrogens with one attached hydrogen (secondary N) is 2. The number of rotatable bonds is 4. The molecular weight excluding hydrogens is 340 g/mol. The van der Waals surface area contributed by atoms with Gasteiger partial charge in [0.05, 0.1) is 0 Å². The van der Waals surface area contributed by atoms with Gasteiger partial charge in [0.15, 0.2) is 0 Å². The normalized spacial score (nSPS) is 19.8. The highest BCUT2D eigenvalue weighted by Gasteiger charge is 2.27. The summed E-state index contributed by atoms with van der Waals surface area (Å²) in [5, 5.41) is 6.15. The third-order valence-electron chi connectivity index (χ3n) is 5.60. The van der Waals surface area contributed by atoms with Crippen LogP contribution in [-0.4, -0.2) is 37.3 Å². The van der Waals surface area contributed by atoms with Gasteiger partial charge >= 0.3 is 6.09 Å². The van der Waals surface area contributed by atoms with Crippen LogP contribution in [-0.2, 0) is 11.2 Å². The number of anilines is 2. The Bertz CT molecular complexity index is 833. The summed E-state index contributed by atoms with van der Waals surface area (Å²) in [4.78, 5) is 18.4. The van der Waals surface area contributed by atoms with Gasteiger partial charge in [0.2, 0.25) is 0 Å². The van der Waals surface area contributed by atoms with Gasteiger partial charge in [0.25, 0.3) is 0 Å². The number of carbonyl (C=O) groups excluding carboxylic acids is 1. The number of piperidine rings is 1. The number of hydrogen-bond donors (Lipinski definition) is 2. The van der Waals surface area contributed by atoms with E-state index in [4.69, 9.17) is 4.74 Å². The van der Waals surface area contributed by atoms with Crippen molar-refractivity contribution in [1.82, 2.24) is 10.3 Å². The summed E-state index contributed by atoms with van der Waals surface area (Å²) >= 11 is 0. The first-order valence-corrected chi connectivity index (χ1v) is 9.60. The van der Waals surface area contributed by atoms with Crippen molar-refractivity contribution >= 4 is 17.6 Å². The van der Waals surface area contributed by atoms with Gasteiger partial charge in [-0.25, -0.2) is 9.78 Å². The summed E-state index contributed by atoms with van der Waals surface area (Å²) in [7, 11) is 2.20. The maximum Gasteiger partial charge on any atom is 0.413 e. The molecule has 6 nitrogen and oxygen atoms in total. The van der Waals surface area contributed by atoms with Crippen molar-refractivity contribution in [1.29, 1.82) is 0 Å². The molecule has 27 heavy (non-hydrogen) atoms. The van der Waals surface area contributed by atoms with Crippen LogP contribution < -0.4 is 15.5 Å². The third-order valence-corrected chi connectivity index (χ3v) is 5.60. The molecule has 4 rings (SSSR count). The molecule has 1 atom stereocenters. The molecule has 142 valence electrons. The second-order valence-electron chi connectivity index (χ2n) is 7.30. The van der Waals surface area contributed by atoms with Crippen molar-refractivity contribution in [3.8, 4) is 0 Å². The van der Waals surface area contributed by atoms with E-state index in [-0.39, 0.29) is 6.10 Å². The molecule has 1 saturated heterocycles. The predicted octanol–water partition coefficient (Wildman–Crippen LogP) is 3.48. The minimum atomic E-state index is -0.439. The van der Waals surface area contributed by atoms with Crippen LogP contribution in [0.1, 0.15) is 42.6 Å². The number of pyridine rings is 1. The zero-order valence-corrected chi connectivity index (χ0v) is 15.9. The lowest BCUT2D eigenvalue weighted by atomic mass is 9.95. The first kappa shape index (κ1) is 17.8. The summed E-state index contributed by atoms with van der Waals surface area (Å²) in [6.07, 6.45) is 4.11. The maximum atomic E-state index is 11.6. The van der Waals surface area contributed by atoms with Crippen LogP contribution in [0.3, 0.4) is 0 Å². The second kappa shape index (κ2) is 7.56. The fraction of sp³-hybridized carbons (Fsp3) is 0.429. The Morgan fingerprint density at radius 1 is 1.19 bits per heavy atom. The lowest BCUT2D eigenvalue weighted by molar-refractivity contribution is 0.116. The molecule has 1 amide bonds. The van der Waals surface area contributed by atoms with Gasteiger partial charge in [-0.1, -0.05) is 18.2 Å². The molecule has 3 heterocycles. The number of ether oxygens (including phenoxy) is 1. The molecule has 0 spiro atoms. The smallest absolute Gasteiger partial charge is 0.413 e. The van der Waals surface area contributed by atoms with Crippen molar-refractivity contribution in [3.63, 3.8) is 0 Å². The number of cyclic esters (lactones) is 1. The standard InChI is InChI=1S/C21H26N4O2/c1-14-19-16(7-12-23-20(19)24-21(26)27-14)13-15-5-3-4-6-18(15)25(2)17-8-10-22-11-9-17/h3-7,12,14,17,22H,8-11,13H2,1-2H3,(H,23,24,26)/t14-/m0/s1. The number of benzene rings is 1. The molecule has 1 aromatic carbocycles. The number of carbonyl (C=O) groups is 1. The van der Waals surface area contributed by atoms with Crippen LogP contribution in [0.2, 0.25) is 0 Å². The number of fused-ring (bicyclic) bond motifs is 1. The Hall–Kier alpha value is -2.60. The molecule has 2 aliphatic heterocycles. The Kier molecular flexibility index (Phi) is 4.99. The van der Waals surface area contributed by atoms with Gasteiger partial charge in [-0.2, -0.15) is 0 Å². The van der Waals surface area contributed by atoms with Crippen LogP contribution in [0, 0.1) is 0 Å². The zero-order valence-electron chi connectivity index (χ0n) is 15.9. The summed E-state index contributed by atoms with van der Waals surface area (Å²) in [6.45, 7) is 4.04. The lowest BCUT2D eigenvalue weighted by Gasteiger charge is -2.34. The van der Waals surface area contributed by atoms with Gasteiger partial charge < -0.3 is 15.0 Å². The molecule has 0 saturated carbocycles. The van der Waals surface area contributed by atoms with E-state index < -0.39 is 6.09 Å². The molecule has 1 fully saturated rings. The van der Waals surface area contributed by atoms with Gasteiger partial charge in [-0.05, 0) is 56.1 Å². The molecule has 2 aliphatic rings. The number of amides is 1. The highest BCUT2D eigenvalue weighted by atomic mass is 16.6. The Labute approximate surface area is 159 Å². The molecule has 0 aliphatic carbocycles. The predicted molar refractivity (Wildman–Crippen MR) is 106 cm³/mol. The first-order valence-electron chi connectivity index (χ1n) is 9.60. The molecule has 0 radical (unpaired) electrons. The number of hydrogen-bond acceptors (Lipinski definition) is 5. The van der Waals surface area contributed by atoms with E-state index in [0.717, 1.165) is 43.5 Å². The minimum Gasteiger partial charge on any atom is -0.441 e.